The molecule has 0 unspecified atom stereocenters. The van der Waals surface area contributed by atoms with E-state index in [9.17, 15) is 14.4 Å². The maximum absolute atomic E-state index is 15.9. The van der Waals surface area contributed by atoms with Crippen molar-refractivity contribution in [1.29, 1.82) is 0 Å². The number of ether oxygens (including phenoxy) is 1. The van der Waals surface area contributed by atoms with E-state index in [1.165, 1.54) is 25.3 Å². The molecular formula is C32H32Cl2FN3O4. The molecule has 3 aromatic carbocycles. The Kier molecular flexibility index (Phi) is 7.85. The van der Waals surface area contributed by atoms with Crippen molar-refractivity contribution in [3.05, 3.63) is 92.7 Å². The maximum Gasteiger partial charge on any atom is 0.248 e. The largest absolute Gasteiger partial charge is 0.496 e. The molecule has 2 heterocycles. The highest BCUT2D eigenvalue weighted by Gasteiger charge is 2.66. The van der Waals surface area contributed by atoms with Crippen LogP contribution in [-0.4, -0.2) is 36.8 Å². The van der Waals surface area contributed by atoms with Gasteiger partial charge in [-0.25, -0.2) is 4.39 Å². The van der Waals surface area contributed by atoms with Crippen LogP contribution in [0, 0.1) is 11.2 Å². The summed E-state index contributed by atoms with van der Waals surface area (Å²) >= 11 is 12.6. The number of anilines is 1. The number of nitrogens with two attached hydrogens (primary N) is 1. The lowest BCUT2D eigenvalue weighted by molar-refractivity contribution is -0.122. The van der Waals surface area contributed by atoms with Crippen LogP contribution in [0.5, 0.6) is 5.75 Å². The Morgan fingerprint density at radius 1 is 1.10 bits per heavy atom. The summed E-state index contributed by atoms with van der Waals surface area (Å²) in [5, 5.41) is 6.79. The summed E-state index contributed by atoms with van der Waals surface area (Å²) in [7, 11) is 1.44. The summed E-state index contributed by atoms with van der Waals surface area (Å²) in [6, 6.07) is 12.9. The number of carbonyl (C=O) groups excluding carboxylic acids is 3. The van der Waals surface area contributed by atoms with Crippen LogP contribution in [0.4, 0.5) is 10.1 Å². The third-order valence-electron chi connectivity index (χ3n) is 8.22. The first-order valence-corrected chi connectivity index (χ1v) is 14.3. The van der Waals surface area contributed by atoms with E-state index in [-0.39, 0.29) is 39.7 Å². The van der Waals surface area contributed by atoms with Crippen molar-refractivity contribution in [2.75, 3.05) is 12.4 Å². The van der Waals surface area contributed by atoms with Gasteiger partial charge in [0.25, 0.3) is 0 Å². The summed E-state index contributed by atoms with van der Waals surface area (Å²) < 4.78 is 21.4. The van der Waals surface area contributed by atoms with E-state index in [2.05, 4.69) is 10.6 Å². The molecule has 0 aliphatic carbocycles. The fourth-order valence-corrected chi connectivity index (χ4v) is 6.90. The number of nitrogens with one attached hydrogen (secondary N) is 2. The molecule has 5 rings (SSSR count). The predicted octanol–water partition coefficient (Wildman–Crippen LogP) is 5.80. The second kappa shape index (κ2) is 11.0. The maximum atomic E-state index is 15.9. The fourth-order valence-electron chi connectivity index (χ4n) is 6.55. The Labute approximate surface area is 253 Å². The van der Waals surface area contributed by atoms with Crippen LogP contribution >= 0.6 is 23.2 Å². The predicted molar refractivity (Wildman–Crippen MR) is 161 cm³/mol. The molecule has 0 saturated carbocycles. The smallest absolute Gasteiger partial charge is 0.248 e. The molecule has 1 fully saturated rings. The van der Waals surface area contributed by atoms with Gasteiger partial charge in [-0.15, -0.1) is 0 Å². The molecule has 220 valence electrons. The van der Waals surface area contributed by atoms with Gasteiger partial charge in [-0.2, -0.15) is 0 Å². The van der Waals surface area contributed by atoms with Crippen molar-refractivity contribution in [2.45, 2.75) is 57.0 Å². The van der Waals surface area contributed by atoms with Gasteiger partial charge in [0.15, 0.2) is 5.78 Å². The molecule has 0 aromatic heterocycles. The Hall–Kier alpha value is -3.46. The third kappa shape index (κ3) is 5.06. The monoisotopic (exact) mass is 611 g/mol. The normalized spacial score (nSPS) is 23.1. The van der Waals surface area contributed by atoms with Gasteiger partial charge in [-0.3, -0.25) is 14.4 Å². The molecule has 0 bridgehead atoms. The highest BCUT2D eigenvalue weighted by molar-refractivity contribution is 6.31. The number of methoxy groups -OCH3 is 1. The van der Waals surface area contributed by atoms with E-state index < -0.39 is 35.1 Å². The number of primary amides is 1. The Balaban J connectivity index is 1.70. The summed E-state index contributed by atoms with van der Waals surface area (Å²) in [5.74, 6) is -2.56. The third-order valence-corrected chi connectivity index (χ3v) is 8.75. The number of fused-ring (bicyclic) bond motifs is 2. The average Bonchev–Trinajstić information content (AvgIpc) is 3.39. The quantitative estimate of drug-likeness (QED) is 0.313. The average molecular weight is 613 g/mol. The van der Waals surface area contributed by atoms with Gasteiger partial charge in [0.05, 0.1) is 18.2 Å². The van der Waals surface area contributed by atoms with Crippen LogP contribution in [-0.2, 0) is 21.4 Å². The van der Waals surface area contributed by atoms with Gasteiger partial charge in [0.1, 0.15) is 17.0 Å². The molecule has 2 amide bonds. The molecule has 0 radical (unpaired) electrons. The Morgan fingerprint density at radius 2 is 1.83 bits per heavy atom. The SMILES string of the molecule is COc1cc(C(N)=O)ccc1CC(=O)[C@@H]1N[C@@H](CC(C)(C)C)[C@@]2(C(=O)Nc3cc(Cl)ccc32)[C@H]1c1cccc(Cl)c1F. The van der Waals surface area contributed by atoms with Crippen LogP contribution in [0.3, 0.4) is 0 Å². The van der Waals surface area contributed by atoms with Crippen LogP contribution in [0.1, 0.15) is 60.2 Å². The molecule has 42 heavy (non-hydrogen) atoms. The van der Waals surface area contributed by atoms with Gasteiger partial charge in [0.2, 0.25) is 11.8 Å². The van der Waals surface area contributed by atoms with Gasteiger partial charge in [0, 0.05) is 40.2 Å². The van der Waals surface area contributed by atoms with Crippen molar-refractivity contribution < 1.29 is 23.5 Å². The van der Waals surface area contributed by atoms with Crippen molar-refractivity contribution >= 4 is 46.5 Å². The zero-order chi connectivity index (χ0) is 30.6. The minimum Gasteiger partial charge on any atom is -0.496 e. The number of carbonyl (C=O) groups is 3. The van der Waals surface area contributed by atoms with E-state index in [0.717, 1.165) is 0 Å². The molecule has 4 atom stereocenters. The van der Waals surface area contributed by atoms with Crippen LogP contribution in [0.15, 0.2) is 54.6 Å². The molecular weight excluding hydrogens is 580 g/mol. The second-order valence-electron chi connectivity index (χ2n) is 12.1. The van der Waals surface area contributed by atoms with Gasteiger partial charge in [-0.1, -0.05) is 68.2 Å². The van der Waals surface area contributed by atoms with Crippen molar-refractivity contribution in [1.82, 2.24) is 5.32 Å². The number of halogens is 3. The number of ketones is 1. The topological polar surface area (TPSA) is 111 Å². The first-order chi connectivity index (χ1) is 19.8. The van der Waals surface area contributed by atoms with E-state index in [1.807, 2.05) is 20.8 Å². The first-order valence-electron chi connectivity index (χ1n) is 13.6. The second-order valence-corrected chi connectivity index (χ2v) is 13.0. The number of amides is 2. The molecule has 10 heteroatoms. The standard InChI is InChI=1S/C32H32Cl2FN3O4/c1-31(2,3)15-25-32(20-11-10-18(33)14-22(20)37-30(32)41)26(19-6-5-7-21(34)27(19)35)28(38-25)23(39)12-16-8-9-17(29(36)40)13-24(16)42-4/h5-11,13-14,25-26,28,38H,12,15H2,1-4H3,(H2,36,40)(H,37,41)/t25-,26-,28-,32+/m0/s1. The minimum atomic E-state index is -1.35. The molecule has 2 aliphatic heterocycles. The van der Waals surface area contributed by atoms with E-state index >= 15 is 4.39 Å². The highest BCUT2D eigenvalue weighted by Crippen LogP contribution is 2.57. The highest BCUT2D eigenvalue weighted by atomic mass is 35.5. The summed E-state index contributed by atoms with van der Waals surface area (Å²) in [6.45, 7) is 6.15. The summed E-state index contributed by atoms with van der Waals surface area (Å²) in [5.41, 5.74) is 5.91. The van der Waals surface area contributed by atoms with Crippen molar-refractivity contribution in [3.63, 3.8) is 0 Å². The van der Waals surface area contributed by atoms with Gasteiger partial charge < -0.3 is 21.1 Å². The van der Waals surface area contributed by atoms with Crippen LogP contribution < -0.4 is 21.1 Å². The van der Waals surface area contributed by atoms with Gasteiger partial charge >= 0.3 is 0 Å². The zero-order valence-corrected chi connectivity index (χ0v) is 25.2. The number of rotatable bonds is 7. The first kappa shape index (κ1) is 30.0. The molecule has 7 nitrogen and oxygen atoms in total. The summed E-state index contributed by atoms with van der Waals surface area (Å²) in [4.78, 5) is 40.2. The van der Waals surface area contributed by atoms with Gasteiger partial charge in [-0.05, 0) is 53.3 Å². The minimum absolute atomic E-state index is 0.105. The Morgan fingerprint density at radius 3 is 2.50 bits per heavy atom. The lowest BCUT2D eigenvalue weighted by Gasteiger charge is -2.37. The number of hydrogen-bond acceptors (Lipinski definition) is 5. The number of Topliss-reactive ketones (excluding diaryl/α,β-unsaturated/α-hetero) is 1. The van der Waals surface area contributed by atoms with Crippen LogP contribution in [0.25, 0.3) is 0 Å². The van der Waals surface area contributed by atoms with E-state index in [4.69, 9.17) is 33.7 Å². The molecule has 1 spiro atoms. The lowest BCUT2D eigenvalue weighted by atomic mass is 9.62. The fraction of sp³-hybridized carbons (Fsp3) is 0.344. The summed E-state index contributed by atoms with van der Waals surface area (Å²) in [6.07, 6.45) is 0.396. The van der Waals surface area contributed by atoms with E-state index in [0.29, 0.717) is 34.0 Å². The molecule has 2 aliphatic rings. The molecule has 4 N–H and O–H groups in total. The van der Waals surface area contributed by atoms with Crippen molar-refractivity contribution in [2.24, 2.45) is 11.1 Å². The van der Waals surface area contributed by atoms with E-state index in [1.54, 1.807) is 36.4 Å². The molecule has 3 aromatic rings. The zero-order valence-electron chi connectivity index (χ0n) is 23.7. The number of hydrogen-bond donors (Lipinski definition) is 3. The number of benzene rings is 3. The Bertz CT molecular complexity index is 1610. The van der Waals surface area contributed by atoms with Crippen molar-refractivity contribution in [3.8, 4) is 5.75 Å². The molecule has 1 saturated heterocycles. The van der Waals surface area contributed by atoms with Crippen LogP contribution in [0.2, 0.25) is 10.0 Å². The lowest BCUT2D eigenvalue weighted by Crippen LogP contribution is -2.49.